The van der Waals surface area contributed by atoms with E-state index in [2.05, 4.69) is 9.97 Å². The van der Waals surface area contributed by atoms with Crippen LogP contribution in [0.2, 0.25) is 0 Å². The zero-order valence-electron chi connectivity index (χ0n) is 8.30. The number of aromatic nitrogens is 2. The van der Waals surface area contributed by atoms with Crippen molar-refractivity contribution in [3.05, 3.63) is 18.1 Å². The summed E-state index contributed by atoms with van der Waals surface area (Å²) < 4.78 is 0. The molecule has 1 radical (unpaired) electrons. The van der Waals surface area contributed by atoms with Gasteiger partial charge in [0.2, 0.25) is 0 Å². The Morgan fingerprint density at radius 1 is 1.27 bits per heavy atom. The summed E-state index contributed by atoms with van der Waals surface area (Å²) in [7, 11) is 0. The topological polar surface area (TPSA) is 66.0 Å². The third-order valence-electron chi connectivity index (χ3n) is 2.54. The number of hydrogen-bond acceptors (Lipinski definition) is 4. The molecular formula is C10H12N3O2. The highest BCUT2D eigenvalue weighted by atomic mass is 16.3. The molecule has 0 N–H and O–H groups in total. The van der Waals surface area contributed by atoms with Crippen LogP contribution in [0.3, 0.4) is 0 Å². The van der Waals surface area contributed by atoms with Gasteiger partial charge in [0.1, 0.15) is 11.5 Å². The molecule has 0 amide bonds. The maximum Gasteiger partial charge on any atom is 0.170 e. The van der Waals surface area contributed by atoms with Crippen molar-refractivity contribution >= 4 is 12.1 Å². The van der Waals surface area contributed by atoms with Crippen molar-refractivity contribution in [1.29, 1.82) is 0 Å². The number of hydrogen-bond donors (Lipinski definition) is 0. The molecule has 5 heteroatoms. The normalized spacial score (nSPS) is 17.8. The molecule has 0 spiro atoms. The van der Waals surface area contributed by atoms with E-state index >= 15 is 0 Å². The number of rotatable bonds is 2. The van der Waals surface area contributed by atoms with E-state index in [-0.39, 0.29) is 0 Å². The van der Waals surface area contributed by atoms with Gasteiger partial charge in [-0.3, -0.25) is 4.79 Å². The number of anilines is 1. The van der Waals surface area contributed by atoms with Gasteiger partial charge in [-0.1, -0.05) is 0 Å². The SMILES string of the molecule is [O]C1CCN(c2cnc(C=O)cn2)CC1. The summed E-state index contributed by atoms with van der Waals surface area (Å²) in [4.78, 5) is 20.5. The van der Waals surface area contributed by atoms with Crippen LogP contribution in [-0.4, -0.2) is 35.4 Å². The zero-order valence-corrected chi connectivity index (χ0v) is 8.30. The van der Waals surface area contributed by atoms with Crippen LogP contribution in [0.1, 0.15) is 23.3 Å². The van der Waals surface area contributed by atoms with E-state index in [0.29, 0.717) is 24.8 Å². The van der Waals surface area contributed by atoms with E-state index in [4.69, 9.17) is 0 Å². The number of nitrogens with zero attached hydrogens (tertiary/aromatic N) is 3. The van der Waals surface area contributed by atoms with E-state index in [9.17, 15) is 9.90 Å². The third-order valence-corrected chi connectivity index (χ3v) is 2.54. The van der Waals surface area contributed by atoms with Gasteiger partial charge in [-0.15, -0.1) is 0 Å². The molecule has 0 atom stereocenters. The predicted molar refractivity (Wildman–Crippen MR) is 53.3 cm³/mol. The van der Waals surface area contributed by atoms with Gasteiger partial charge in [-0.25, -0.2) is 15.1 Å². The van der Waals surface area contributed by atoms with E-state index in [0.717, 1.165) is 18.9 Å². The Morgan fingerprint density at radius 3 is 2.53 bits per heavy atom. The van der Waals surface area contributed by atoms with Crippen LogP contribution >= 0.6 is 0 Å². The second kappa shape index (κ2) is 4.35. The number of piperidine rings is 1. The summed E-state index contributed by atoms with van der Waals surface area (Å²) in [6.45, 7) is 1.45. The van der Waals surface area contributed by atoms with Gasteiger partial charge in [0, 0.05) is 13.1 Å². The molecule has 5 nitrogen and oxygen atoms in total. The van der Waals surface area contributed by atoms with Gasteiger partial charge >= 0.3 is 0 Å². The van der Waals surface area contributed by atoms with Crippen molar-refractivity contribution in [3.63, 3.8) is 0 Å². The molecule has 1 saturated heterocycles. The minimum Gasteiger partial charge on any atom is -0.355 e. The first kappa shape index (κ1) is 10.0. The molecule has 1 aromatic heterocycles. The first-order chi connectivity index (χ1) is 7.29. The number of carbonyl (C=O) groups is 1. The Morgan fingerprint density at radius 2 is 2.00 bits per heavy atom. The first-order valence-corrected chi connectivity index (χ1v) is 4.97. The quantitative estimate of drug-likeness (QED) is 0.668. The lowest BCUT2D eigenvalue weighted by Crippen LogP contribution is -2.35. The zero-order chi connectivity index (χ0) is 10.7. The molecule has 2 rings (SSSR count). The lowest BCUT2D eigenvalue weighted by atomic mass is 10.1. The van der Waals surface area contributed by atoms with E-state index in [1.54, 1.807) is 6.20 Å². The summed E-state index contributed by atoms with van der Waals surface area (Å²) in [6.07, 6.45) is 4.55. The molecule has 15 heavy (non-hydrogen) atoms. The molecule has 1 aromatic rings. The summed E-state index contributed by atoms with van der Waals surface area (Å²) >= 11 is 0. The average Bonchev–Trinajstić information content (AvgIpc) is 2.30. The molecule has 0 aliphatic carbocycles. The highest BCUT2D eigenvalue weighted by Gasteiger charge is 2.19. The van der Waals surface area contributed by atoms with E-state index < -0.39 is 6.10 Å². The van der Waals surface area contributed by atoms with Crippen molar-refractivity contribution in [2.24, 2.45) is 0 Å². The molecule has 0 unspecified atom stereocenters. The molecule has 2 heterocycles. The third kappa shape index (κ3) is 2.30. The molecule has 0 aromatic carbocycles. The van der Waals surface area contributed by atoms with Crippen LogP contribution in [0.5, 0.6) is 0 Å². The maximum atomic E-state index is 11.1. The van der Waals surface area contributed by atoms with Crippen LogP contribution in [-0.2, 0) is 5.11 Å². The van der Waals surface area contributed by atoms with Crippen LogP contribution in [0, 0.1) is 0 Å². The maximum absolute atomic E-state index is 11.1. The fourth-order valence-corrected chi connectivity index (χ4v) is 1.64. The monoisotopic (exact) mass is 206 g/mol. The Labute approximate surface area is 87.8 Å². The molecule has 0 saturated carbocycles. The van der Waals surface area contributed by atoms with Gasteiger partial charge in [0.25, 0.3) is 0 Å². The Bertz CT molecular complexity index is 331. The smallest absolute Gasteiger partial charge is 0.170 e. The largest absolute Gasteiger partial charge is 0.355 e. The summed E-state index contributed by atoms with van der Waals surface area (Å²) in [5.41, 5.74) is 0.331. The molecule has 1 fully saturated rings. The Kier molecular flexibility index (Phi) is 2.91. The van der Waals surface area contributed by atoms with Crippen molar-refractivity contribution in [3.8, 4) is 0 Å². The fraction of sp³-hybridized carbons (Fsp3) is 0.500. The Hall–Kier alpha value is -1.49. The number of aldehydes is 1. The Balaban J connectivity index is 2.06. The number of carbonyl (C=O) groups excluding carboxylic acids is 1. The fourth-order valence-electron chi connectivity index (χ4n) is 1.64. The van der Waals surface area contributed by atoms with Gasteiger partial charge in [0.15, 0.2) is 6.29 Å². The van der Waals surface area contributed by atoms with Crippen LogP contribution < -0.4 is 4.90 Å². The van der Waals surface area contributed by atoms with Crippen LogP contribution in [0.25, 0.3) is 0 Å². The lowest BCUT2D eigenvalue weighted by Gasteiger charge is -2.29. The molecule has 79 valence electrons. The standard InChI is InChI=1S/C10H12N3O2/c14-7-8-5-12-10(6-11-8)13-3-1-9(15)2-4-13/h5-7,9H,1-4H2. The highest BCUT2D eigenvalue weighted by molar-refractivity contribution is 5.71. The van der Waals surface area contributed by atoms with E-state index in [1.165, 1.54) is 6.20 Å². The van der Waals surface area contributed by atoms with Crippen molar-refractivity contribution < 1.29 is 9.90 Å². The van der Waals surface area contributed by atoms with Crippen LogP contribution in [0.4, 0.5) is 5.82 Å². The van der Waals surface area contributed by atoms with Gasteiger partial charge in [-0.2, -0.15) is 0 Å². The summed E-state index contributed by atoms with van der Waals surface area (Å²) in [5, 5.41) is 11.1. The molecule has 0 bridgehead atoms. The second-order valence-electron chi connectivity index (χ2n) is 3.60. The van der Waals surface area contributed by atoms with Gasteiger partial charge in [0.05, 0.1) is 18.5 Å². The van der Waals surface area contributed by atoms with E-state index in [1.807, 2.05) is 4.90 Å². The van der Waals surface area contributed by atoms with Gasteiger partial charge in [-0.05, 0) is 12.8 Å². The first-order valence-electron chi connectivity index (χ1n) is 4.97. The van der Waals surface area contributed by atoms with Gasteiger partial charge < -0.3 is 4.90 Å². The van der Waals surface area contributed by atoms with Crippen molar-refractivity contribution in [2.45, 2.75) is 18.9 Å². The van der Waals surface area contributed by atoms with Crippen LogP contribution in [0.15, 0.2) is 12.4 Å². The summed E-state index contributed by atoms with van der Waals surface area (Å²) in [5.74, 6) is 0.743. The second-order valence-corrected chi connectivity index (χ2v) is 3.60. The predicted octanol–water partition coefficient (Wildman–Crippen LogP) is 0.688. The lowest BCUT2D eigenvalue weighted by molar-refractivity contribution is 0.0674. The van der Waals surface area contributed by atoms with Crippen molar-refractivity contribution in [1.82, 2.24) is 9.97 Å². The summed E-state index contributed by atoms with van der Waals surface area (Å²) in [6, 6.07) is 0. The molecule has 1 aliphatic rings. The molecular weight excluding hydrogens is 194 g/mol. The molecule has 1 aliphatic heterocycles. The highest BCUT2D eigenvalue weighted by Crippen LogP contribution is 2.16. The minimum atomic E-state index is -0.441. The minimum absolute atomic E-state index is 0.331. The van der Waals surface area contributed by atoms with Crippen molar-refractivity contribution in [2.75, 3.05) is 18.0 Å². The average molecular weight is 206 g/mol.